The van der Waals surface area contributed by atoms with Gasteiger partial charge in [-0.1, -0.05) is 66.2 Å². The molecule has 150 valence electrons. The molecule has 3 heteroatoms. The summed E-state index contributed by atoms with van der Waals surface area (Å²) in [4.78, 5) is 13.5. The number of rotatable bonds is 2. The molecule has 5 rings (SSSR count). The summed E-state index contributed by atoms with van der Waals surface area (Å²) >= 11 is 0. The van der Waals surface area contributed by atoms with Gasteiger partial charge in [0.05, 0.1) is 17.4 Å². The number of carbonyl (C=O) groups excluding carboxylic acids is 1. The number of hydrogen-bond donors (Lipinski definition) is 2. The first kappa shape index (κ1) is 18.7. The van der Waals surface area contributed by atoms with Gasteiger partial charge < -0.3 is 10.6 Å². The molecule has 2 aliphatic rings. The topological polar surface area (TPSA) is 41.1 Å². The van der Waals surface area contributed by atoms with Crippen LogP contribution in [0.3, 0.4) is 0 Å². The highest BCUT2D eigenvalue weighted by Crippen LogP contribution is 2.44. The third-order valence-electron chi connectivity index (χ3n) is 6.36. The molecule has 2 N–H and O–H groups in total. The van der Waals surface area contributed by atoms with Crippen LogP contribution in [0.25, 0.3) is 0 Å². The molecule has 30 heavy (non-hydrogen) atoms. The van der Waals surface area contributed by atoms with E-state index < -0.39 is 0 Å². The van der Waals surface area contributed by atoms with E-state index in [1.807, 2.05) is 18.2 Å². The summed E-state index contributed by atoms with van der Waals surface area (Å²) in [5, 5.41) is 7.29. The van der Waals surface area contributed by atoms with Gasteiger partial charge in [-0.3, -0.25) is 4.79 Å². The molecule has 1 aliphatic carbocycles. The van der Waals surface area contributed by atoms with E-state index in [1.165, 1.54) is 16.7 Å². The molecule has 3 aromatic carbocycles. The van der Waals surface area contributed by atoms with Crippen LogP contribution in [0.1, 0.15) is 47.1 Å². The minimum atomic E-state index is -0.149. The van der Waals surface area contributed by atoms with Gasteiger partial charge in [-0.2, -0.15) is 0 Å². The van der Waals surface area contributed by atoms with Crippen LogP contribution in [0, 0.1) is 13.8 Å². The summed E-state index contributed by atoms with van der Waals surface area (Å²) in [5.41, 5.74) is 8.80. The van der Waals surface area contributed by atoms with Gasteiger partial charge >= 0.3 is 0 Å². The van der Waals surface area contributed by atoms with Crippen LogP contribution in [0.15, 0.2) is 84.1 Å². The zero-order chi connectivity index (χ0) is 20.7. The van der Waals surface area contributed by atoms with E-state index in [2.05, 4.69) is 79.1 Å². The van der Waals surface area contributed by atoms with Crippen molar-refractivity contribution in [1.29, 1.82) is 0 Å². The quantitative estimate of drug-likeness (QED) is 0.537. The third kappa shape index (κ3) is 3.30. The van der Waals surface area contributed by atoms with E-state index in [9.17, 15) is 4.79 Å². The highest BCUT2D eigenvalue weighted by molar-refractivity contribution is 6.01. The summed E-state index contributed by atoms with van der Waals surface area (Å²) in [6.07, 6.45) is 1.38. The number of allylic oxidation sites excluding steroid dienone is 1. The van der Waals surface area contributed by atoms with Crippen molar-refractivity contribution in [2.24, 2.45) is 0 Å². The zero-order valence-corrected chi connectivity index (χ0v) is 17.4. The Labute approximate surface area is 177 Å². The van der Waals surface area contributed by atoms with E-state index >= 15 is 0 Å². The average Bonchev–Trinajstić information content (AvgIpc) is 2.91. The number of hydrogen-bond acceptors (Lipinski definition) is 3. The molecular weight excluding hydrogens is 368 g/mol. The second-order valence-electron chi connectivity index (χ2n) is 8.44. The lowest BCUT2D eigenvalue weighted by molar-refractivity contribution is -0.116. The van der Waals surface area contributed by atoms with Crippen LogP contribution in [0.5, 0.6) is 0 Å². The third-order valence-corrected chi connectivity index (χ3v) is 6.36. The molecule has 1 aliphatic heterocycles. The molecule has 3 nitrogen and oxygen atoms in total. The van der Waals surface area contributed by atoms with E-state index in [0.29, 0.717) is 6.42 Å². The second-order valence-corrected chi connectivity index (χ2v) is 8.44. The number of para-hydroxylation sites is 2. The molecule has 3 aromatic rings. The first-order valence-corrected chi connectivity index (χ1v) is 10.6. The zero-order valence-electron chi connectivity index (χ0n) is 17.4. The molecule has 0 bridgehead atoms. The molecule has 0 saturated carbocycles. The van der Waals surface area contributed by atoms with Crippen molar-refractivity contribution in [2.45, 2.75) is 38.6 Å². The lowest BCUT2D eigenvalue weighted by atomic mass is 9.78. The highest BCUT2D eigenvalue weighted by atomic mass is 16.1. The Bertz CT molecular complexity index is 1140. The van der Waals surface area contributed by atoms with Crippen LogP contribution in [0.2, 0.25) is 0 Å². The first-order valence-electron chi connectivity index (χ1n) is 10.6. The molecule has 0 saturated heterocycles. The maximum absolute atomic E-state index is 13.5. The summed E-state index contributed by atoms with van der Waals surface area (Å²) in [6, 6.07) is 25.0. The summed E-state index contributed by atoms with van der Waals surface area (Å²) < 4.78 is 0. The molecule has 0 amide bonds. The fourth-order valence-corrected chi connectivity index (χ4v) is 4.71. The van der Waals surface area contributed by atoms with E-state index in [1.54, 1.807) is 0 Å². The Morgan fingerprint density at radius 2 is 1.50 bits per heavy atom. The van der Waals surface area contributed by atoms with Gasteiger partial charge in [0, 0.05) is 17.7 Å². The lowest BCUT2D eigenvalue weighted by Crippen LogP contribution is -2.27. The van der Waals surface area contributed by atoms with Gasteiger partial charge in [-0.25, -0.2) is 0 Å². The SMILES string of the molecule is Cc1ccc([C@H]2CC(=O)C3=C(C2)Nc2ccccc2N[C@H]3c2ccccc2C)cc1. The fraction of sp³-hybridized carbons (Fsp3) is 0.222. The lowest BCUT2D eigenvalue weighted by Gasteiger charge is -2.30. The van der Waals surface area contributed by atoms with Crippen LogP contribution < -0.4 is 10.6 Å². The van der Waals surface area contributed by atoms with Gasteiger partial charge in [0.25, 0.3) is 0 Å². The van der Waals surface area contributed by atoms with Gasteiger partial charge in [0.2, 0.25) is 0 Å². The fourth-order valence-electron chi connectivity index (χ4n) is 4.71. The van der Waals surface area contributed by atoms with Crippen molar-refractivity contribution >= 4 is 17.2 Å². The number of fused-ring (bicyclic) bond motifs is 1. The molecule has 1 heterocycles. The smallest absolute Gasteiger partial charge is 0.163 e. The number of benzene rings is 3. The predicted octanol–water partition coefficient (Wildman–Crippen LogP) is 6.28. The van der Waals surface area contributed by atoms with Crippen LogP contribution in [-0.4, -0.2) is 5.78 Å². The normalized spacial score (nSPS) is 20.5. The summed E-state index contributed by atoms with van der Waals surface area (Å²) in [5.74, 6) is 0.426. The molecule has 0 aromatic heterocycles. The maximum atomic E-state index is 13.5. The number of nitrogens with one attached hydrogen (secondary N) is 2. The van der Waals surface area contributed by atoms with Crippen LogP contribution >= 0.6 is 0 Å². The molecular formula is C27H26N2O. The van der Waals surface area contributed by atoms with Gasteiger partial charge in [0.1, 0.15) is 0 Å². The average molecular weight is 395 g/mol. The summed E-state index contributed by atoms with van der Waals surface area (Å²) in [6.45, 7) is 4.21. The molecule has 2 atom stereocenters. The van der Waals surface area contributed by atoms with Gasteiger partial charge in [0.15, 0.2) is 5.78 Å². The molecule has 0 spiro atoms. The van der Waals surface area contributed by atoms with E-state index in [-0.39, 0.29) is 17.7 Å². The standard InChI is InChI=1S/C27H26N2O/c1-17-11-13-19(14-12-17)20-15-24-26(25(30)16-20)27(21-8-4-3-7-18(21)2)29-23-10-6-5-9-22(23)28-24/h3-14,20,27-29H,15-16H2,1-2H3/t20-,27+/m1/s1. The van der Waals surface area contributed by atoms with Crippen molar-refractivity contribution in [1.82, 2.24) is 0 Å². The number of anilines is 2. The van der Waals surface area contributed by atoms with E-state index in [0.717, 1.165) is 34.6 Å². The predicted molar refractivity (Wildman–Crippen MR) is 123 cm³/mol. The van der Waals surface area contributed by atoms with E-state index in [4.69, 9.17) is 0 Å². The minimum Gasteiger partial charge on any atom is -0.372 e. The Kier molecular flexibility index (Phi) is 4.66. The number of ketones is 1. The van der Waals surface area contributed by atoms with Gasteiger partial charge in [-0.15, -0.1) is 0 Å². The largest absolute Gasteiger partial charge is 0.372 e. The Morgan fingerprint density at radius 1 is 0.800 bits per heavy atom. The molecule has 0 unspecified atom stereocenters. The maximum Gasteiger partial charge on any atom is 0.163 e. The Hall–Kier alpha value is -3.33. The second kappa shape index (κ2) is 7.49. The number of aryl methyl sites for hydroxylation is 2. The minimum absolute atomic E-state index is 0.149. The monoisotopic (exact) mass is 394 g/mol. The Balaban J connectivity index is 1.62. The van der Waals surface area contributed by atoms with Crippen LogP contribution in [-0.2, 0) is 4.79 Å². The van der Waals surface area contributed by atoms with Crippen molar-refractivity contribution in [2.75, 3.05) is 10.6 Å². The Morgan fingerprint density at radius 3 is 2.27 bits per heavy atom. The summed E-state index contributed by atoms with van der Waals surface area (Å²) in [7, 11) is 0. The first-order chi connectivity index (χ1) is 14.6. The molecule has 0 radical (unpaired) electrons. The van der Waals surface area contributed by atoms with Crippen molar-refractivity contribution in [3.63, 3.8) is 0 Å². The number of Topliss-reactive ketones (excluding diaryl/α,β-unsaturated/α-hetero) is 1. The van der Waals surface area contributed by atoms with Crippen molar-refractivity contribution in [3.05, 3.63) is 106 Å². The van der Waals surface area contributed by atoms with Gasteiger partial charge in [-0.05, 0) is 55.0 Å². The van der Waals surface area contributed by atoms with Crippen LogP contribution in [0.4, 0.5) is 11.4 Å². The van der Waals surface area contributed by atoms with Crippen molar-refractivity contribution < 1.29 is 4.79 Å². The number of carbonyl (C=O) groups is 1. The molecule has 0 fully saturated rings. The van der Waals surface area contributed by atoms with Crippen molar-refractivity contribution in [3.8, 4) is 0 Å². The highest BCUT2D eigenvalue weighted by Gasteiger charge is 2.36.